The predicted molar refractivity (Wildman–Crippen MR) is 69.9 cm³/mol. The summed E-state index contributed by atoms with van der Waals surface area (Å²) in [4.78, 5) is 23.4. The van der Waals surface area contributed by atoms with Gasteiger partial charge in [0.2, 0.25) is 5.91 Å². The lowest BCUT2D eigenvalue weighted by Gasteiger charge is -2.13. The molecule has 5 heteroatoms. The molecule has 1 amide bonds. The van der Waals surface area contributed by atoms with E-state index in [0.717, 1.165) is 0 Å². The number of carbonyl (C=O) groups is 2. The van der Waals surface area contributed by atoms with E-state index in [1.807, 2.05) is 0 Å². The van der Waals surface area contributed by atoms with Gasteiger partial charge in [-0.25, -0.2) is 4.39 Å². The molecule has 0 atom stereocenters. The first-order chi connectivity index (χ1) is 8.99. The molecule has 1 N–H and O–H groups in total. The molecule has 19 heavy (non-hydrogen) atoms. The van der Waals surface area contributed by atoms with Gasteiger partial charge in [-0.05, 0) is 30.2 Å². The first kappa shape index (κ1) is 14.9. The molecule has 0 aromatic heterocycles. The zero-order valence-electron chi connectivity index (χ0n) is 10.7. The summed E-state index contributed by atoms with van der Waals surface area (Å²) in [7, 11) is 1.60. The number of carbonyl (C=O) groups excluding carboxylic acids is 1. The average Bonchev–Trinajstić information content (AvgIpc) is 2.35. The summed E-state index contributed by atoms with van der Waals surface area (Å²) in [6.07, 6.45) is 3.31. The fourth-order valence-corrected chi connectivity index (χ4v) is 1.48. The van der Waals surface area contributed by atoms with Crippen molar-refractivity contribution >= 4 is 18.0 Å². The number of likely N-dealkylation sites (N-methyl/N-ethyl adjacent to an activating group) is 1. The Morgan fingerprint density at radius 2 is 2.16 bits per heavy atom. The van der Waals surface area contributed by atoms with Crippen molar-refractivity contribution in [3.05, 3.63) is 41.7 Å². The largest absolute Gasteiger partial charge is 0.481 e. The Kier molecular flexibility index (Phi) is 5.73. The van der Waals surface area contributed by atoms with Crippen LogP contribution in [0.1, 0.15) is 18.4 Å². The van der Waals surface area contributed by atoms with E-state index in [1.165, 1.54) is 29.2 Å². The van der Waals surface area contributed by atoms with Crippen LogP contribution in [-0.4, -0.2) is 35.5 Å². The second kappa shape index (κ2) is 7.31. The smallest absolute Gasteiger partial charge is 0.303 e. The van der Waals surface area contributed by atoms with Crippen LogP contribution in [0.3, 0.4) is 0 Å². The topological polar surface area (TPSA) is 57.6 Å². The number of hydrogen-bond acceptors (Lipinski definition) is 2. The van der Waals surface area contributed by atoms with Crippen LogP contribution in [0.15, 0.2) is 30.3 Å². The first-order valence-corrected chi connectivity index (χ1v) is 5.89. The van der Waals surface area contributed by atoms with Crippen LogP contribution >= 0.6 is 0 Å². The highest BCUT2D eigenvalue weighted by Crippen LogP contribution is 2.06. The number of nitrogens with zero attached hydrogens (tertiary/aromatic N) is 1. The van der Waals surface area contributed by atoms with Crippen molar-refractivity contribution < 1.29 is 19.1 Å². The highest BCUT2D eigenvalue weighted by Gasteiger charge is 2.05. The number of hydrogen-bond donors (Lipinski definition) is 1. The SMILES string of the molecule is CN(CCCC(=O)O)C(=O)/C=C/c1cccc(F)c1. The third kappa shape index (κ3) is 5.81. The fraction of sp³-hybridized carbons (Fsp3) is 0.286. The number of halogens is 1. The number of carboxylic acids is 1. The van der Waals surface area contributed by atoms with Crippen LogP contribution in [0.5, 0.6) is 0 Å². The molecule has 0 unspecified atom stereocenters. The molecule has 1 aromatic carbocycles. The Labute approximate surface area is 111 Å². The van der Waals surface area contributed by atoms with E-state index in [2.05, 4.69) is 0 Å². The maximum absolute atomic E-state index is 12.9. The average molecular weight is 265 g/mol. The van der Waals surface area contributed by atoms with Crippen molar-refractivity contribution in [1.29, 1.82) is 0 Å². The number of carboxylic acid groups (broad SMARTS) is 1. The zero-order chi connectivity index (χ0) is 14.3. The molecule has 0 fully saturated rings. The minimum atomic E-state index is -0.879. The molecular formula is C14H16FNO3. The van der Waals surface area contributed by atoms with Gasteiger partial charge in [-0.15, -0.1) is 0 Å². The van der Waals surface area contributed by atoms with Crippen LogP contribution in [-0.2, 0) is 9.59 Å². The lowest BCUT2D eigenvalue weighted by molar-refractivity contribution is -0.137. The van der Waals surface area contributed by atoms with E-state index < -0.39 is 5.97 Å². The number of benzene rings is 1. The Morgan fingerprint density at radius 3 is 2.79 bits per heavy atom. The molecule has 102 valence electrons. The minimum absolute atomic E-state index is 0.0330. The molecular weight excluding hydrogens is 249 g/mol. The monoisotopic (exact) mass is 265 g/mol. The van der Waals surface area contributed by atoms with Gasteiger partial charge in [0, 0.05) is 26.1 Å². The van der Waals surface area contributed by atoms with Gasteiger partial charge >= 0.3 is 5.97 Å². The van der Waals surface area contributed by atoms with Gasteiger partial charge in [0.1, 0.15) is 5.82 Å². The van der Waals surface area contributed by atoms with E-state index in [9.17, 15) is 14.0 Å². The highest BCUT2D eigenvalue weighted by molar-refractivity contribution is 5.91. The maximum Gasteiger partial charge on any atom is 0.303 e. The van der Waals surface area contributed by atoms with Gasteiger partial charge in [-0.2, -0.15) is 0 Å². The van der Waals surface area contributed by atoms with Gasteiger partial charge in [0.25, 0.3) is 0 Å². The maximum atomic E-state index is 12.9. The molecule has 4 nitrogen and oxygen atoms in total. The van der Waals surface area contributed by atoms with Crippen LogP contribution in [0, 0.1) is 5.82 Å². The summed E-state index contributed by atoms with van der Waals surface area (Å²) in [5, 5.41) is 8.49. The van der Waals surface area contributed by atoms with Crippen molar-refractivity contribution in [2.45, 2.75) is 12.8 Å². The zero-order valence-corrected chi connectivity index (χ0v) is 10.7. The van der Waals surface area contributed by atoms with Crippen molar-refractivity contribution in [1.82, 2.24) is 4.90 Å². The van der Waals surface area contributed by atoms with E-state index >= 15 is 0 Å². The van der Waals surface area contributed by atoms with Crippen molar-refractivity contribution in [3.8, 4) is 0 Å². The quantitative estimate of drug-likeness (QED) is 0.802. The molecule has 0 saturated heterocycles. The molecule has 0 bridgehead atoms. The fourth-order valence-electron chi connectivity index (χ4n) is 1.48. The molecule has 0 radical (unpaired) electrons. The van der Waals surface area contributed by atoms with Crippen LogP contribution < -0.4 is 0 Å². The number of amides is 1. The van der Waals surface area contributed by atoms with Gasteiger partial charge in [-0.3, -0.25) is 9.59 Å². The van der Waals surface area contributed by atoms with E-state index in [-0.39, 0.29) is 18.1 Å². The molecule has 0 saturated carbocycles. The molecule has 1 rings (SSSR count). The third-order valence-corrected chi connectivity index (χ3v) is 2.53. The lowest BCUT2D eigenvalue weighted by atomic mass is 10.2. The van der Waals surface area contributed by atoms with E-state index in [1.54, 1.807) is 19.2 Å². The first-order valence-electron chi connectivity index (χ1n) is 5.89. The van der Waals surface area contributed by atoms with Crippen molar-refractivity contribution in [2.24, 2.45) is 0 Å². The molecule has 1 aromatic rings. The third-order valence-electron chi connectivity index (χ3n) is 2.53. The Bertz CT molecular complexity index is 485. The molecule has 0 aliphatic rings. The van der Waals surface area contributed by atoms with Crippen LogP contribution in [0.2, 0.25) is 0 Å². The van der Waals surface area contributed by atoms with Crippen molar-refractivity contribution in [2.75, 3.05) is 13.6 Å². The Hall–Kier alpha value is -2.17. The van der Waals surface area contributed by atoms with Gasteiger partial charge < -0.3 is 10.0 Å². The Morgan fingerprint density at radius 1 is 1.42 bits per heavy atom. The molecule has 0 spiro atoms. The van der Waals surface area contributed by atoms with Crippen molar-refractivity contribution in [3.63, 3.8) is 0 Å². The summed E-state index contributed by atoms with van der Waals surface area (Å²) >= 11 is 0. The normalized spacial score (nSPS) is 10.6. The lowest BCUT2D eigenvalue weighted by Crippen LogP contribution is -2.26. The van der Waals surface area contributed by atoms with Gasteiger partial charge in [0.05, 0.1) is 0 Å². The summed E-state index contributed by atoms with van der Waals surface area (Å²) < 4.78 is 12.9. The van der Waals surface area contributed by atoms with Crippen LogP contribution in [0.25, 0.3) is 6.08 Å². The molecule has 0 heterocycles. The van der Waals surface area contributed by atoms with E-state index in [4.69, 9.17) is 5.11 Å². The minimum Gasteiger partial charge on any atom is -0.481 e. The summed E-state index contributed by atoms with van der Waals surface area (Å²) in [6.45, 7) is 0.374. The summed E-state index contributed by atoms with van der Waals surface area (Å²) in [5.41, 5.74) is 0.604. The summed E-state index contributed by atoms with van der Waals surface area (Å²) in [6, 6.07) is 5.92. The predicted octanol–water partition coefficient (Wildman–Crippen LogP) is 2.16. The number of rotatable bonds is 6. The standard InChI is InChI=1S/C14H16FNO3/c1-16(9-3-6-14(18)19)13(17)8-7-11-4-2-5-12(15)10-11/h2,4-5,7-8,10H,3,6,9H2,1H3,(H,18,19)/b8-7+. The molecule has 0 aliphatic carbocycles. The second-order valence-electron chi connectivity index (χ2n) is 4.15. The highest BCUT2D eigenvalue weighted by atomic mass is 19.1. The van der Waals surface area contributed by atoms with Gasteiger partial charge in [-0.1, -0.05) is 12.1 Å². The second-order valence-corrected chi connectivity index (χ2v) is 4.15. The summed E-state index contributed by atoms with van der Waals surface area (Å²) in [5.74, 6) is -1.48. The molecule has 0 aliphatic heterocycles. The van der Waals surface area contributed by atoms with E-state index in [0.29, 0.717) is 18.5 Å². The Balaban J connectivity index is 2.47. The van der Waals surface area contributed by atoms with Crippen LogP contribution in [0.4, 0.5) is 4.39 Å². The van der Waals surface area contributed by atoms with Gasteiger partial charge in [0.15, 0.2) is 0 Å². The number of aliphatic carboxylic acids is 1.